The summed E-state index contributed by atoms with van der Waals surface area (Å²) in [6.07, 6.45) is 2.86. The highest BCUT2D eigenvalue weighted by atomic mass is 28.4. The van der Waals surface area contributed by atoms with Gasteiger partial charge < -0.3 is 15.5 Å². The fourth-order valence-corrected chi connectivity index (χ4v) is 4.72. The number of hydrogen-bond donors (Lipinski definition) is 2. The Morgan fingerprint density at radius 1 is 1.32 bits per heavy atom. The number of likely N-dealkylation sites (tertiary alicyclic amines) is 1. The number of hydrogen-bond acceptors (Lipinski definition) is 4. The first-order valence-corrected chi connectivity index (χ1v) is 12.1. The Hall–Kier alpha value is -1.37. The van der Waals surface area contributed by atoms with Gasteiger partial charge in [0.1, 0.15) is 0 Å². The van der Waals surface area contributed by atoms with Gasteiger partial charge in [-0.25, -0.2) is 0 Å². The first-order valence-electron chi connectivity index (χ1n) is 9.21. The molecule has 2 aliphatic rings. The van der Waals surface area contributed by atoms with E-state index >= 15 is 0 Å². The SMILES string of the molecule is CC(C)(C)[Si](C)(C)OC1CCCN1C1Cc2ccc(N)cc2NC1=O. The van der Waals surface area contributed by atoms with Gasteiger partial charge in [-0.1, -0.05) is 26.8 Å². The van der Waals surface area contributed by atoms with Crippen LogP contribution in [0, 0.1) is 0 Å². The summed E-state index contributed by atoms with van der Waals surface area (Å²) in [4.78, 5) is 15.0. The molecule has 2 aliphatic heterocycles. The Balaban J connectivity index is 1.79. The molecule has 0 bridgehead atoms. The number of nitrogen functional groups attached to an aromatic ring is 1. The minimum Gasteiger partial charge on any atom is -0.401 e. The summed E-state index contributed by atoms with van der Waals surface area (Å²) in [5.41, 5.74) is 8.52. The van der Waals surface area contributed by atoms with Crippen LogP contribution in [0.15, 0.2) is 18.2 Å². The Kier molecular flexibility index (Phi) is 4.72. The predicted octanol–water partition coefficient (Wildman–Crippen LogP) is 3.58. The second kappa shape index (κ2) is 6.41. The zero-order valence-electron chi connectivity index (χ0n) is 16.1. The fourth-order valence-electron chi connectivity index (χ4n) is 3.43. The van der Waals surface area contributed by atoms with E-state index < -0.39 is 8.32 Å². The van der Waals surface area contributed by atoms with Crippen molar-refractivity contribution in [3.05, 3.63) is 23.8 Å². The van der Waals surface area contributed by atoms with Gasteiger partial charge in [-0.05, 0) is 55.1 Å². The predicted molar refractivity (Wildman–Crippen MR) is 105 cm³/mol. The highest BCUT2D eigenvalue weighted by Gasteiger charge is 2.44. The van der Waals surface area contributed by atoms with Gasteiger partial charge in [0.15, 0.2) is 8.32 Å². The highest BCUT2D eigenvalue weighted by Crippen LogP contribution is 2.40. The number of amides is 1. The van der Waals surface area contributed by atoms with E-state index in [0.717, 1.165) is 37.1 Å². The molecule has 1 amide bonds. The van der Waals surface area contributed by atoms with Gasteiger partial charge in [0.25, 0.3) is 0 Å². The molecule has 1 aromatic rings. The summed E-state index contributed by atoms with van der Waals surface area (Å²) in [5, 5.41) is 3.20. The standard InChI is InChI=1S/C19H31N3O2Si/c1-19(2,3)25(4,5)24-17-7-6-10-22(17)16-11-13-8-9-14(20)12-15(13)21-18(16)23/h8-9,12,16-17H,6-7,10-11,20H2,1-5H3,(H,21,23). The molecular weight excluding hydrogens is 330 g/mol. The first kappa shape index (κ1) is 18.4. The van der Waals surface area contributed by atoms with Crippen LogP contribution in [-0.2, 0) is 15.6 Å². The van der Waals surface area contributed by atoms with Crippen molar-refractivity contribution in [2.45, 2.75) is 70.4 Å². The maximum Gasteiger partial charge on any atom is 0.242 e. The molecule has 1 saturated heterocycles. The van der Waals surface area contributed by atoms with E-state index in [1.807, 2.05) is 18.2 Å². The zero-order chi connectivity index (χ0) is 18.4. The number of anilines is 2. The van der Waals surface area contributed by atoms with Crippen molar-refractivity contribution in [3.63, 3.8) is 0 Å². The molecule has 3 N–H and O–H groups in total. The van der Waals surface area contributed by atoms with E-state index in [2.05, 4.69) is 44.1 Å². The summed E-state index contributed by atoms with van der Waals surface area (Å²) in [7, 11) is -1.87. The molecule has 0 radical (unpaired) electrons. The Labute approximate surface area is 152 Å². The van der Waals surface area contributed by atoms with Crippen LogP contribution in [0.25, 0.3) is 0 Å². The van der Waals surface area contributed by atoms with E-state index in [4.69, 9.17) is 10.2 Å². The van der Waals surface area contributed by atoms with Gasteiger partial charge in [-0.2, -0.15) is 0 Å². The molecular formula is C19H31N3O2Si. The minimum atomic E-state index is -1.87. The lowest BCUT2D eigenvalue weighted by Gasteiger charge is -2.42. The van der Waals surface area contributed by atoms with Gasteiger partial charge in [-0.3, -0.25) is 9.69 Å². The highest BCUT2D eigenvalue weighted by molar-refractivity contribution is 6.74. The third kappa shape index (κ3) is 3.61. The molecule has 0 aromatic heterocycles. The van der Waals surface area contributed by atoms with Crippen LogP contribution < -0.4 is 11.1 Å². The summed E-state index contributed by atoms with van der Waals surface area (Å²) in [6, 6.07) is 5.61. The molecule has 0 spiro atoms. The summed E-state index contributed by atoms with van der Waals surface area (Å²) >= 11 is 0. The molecule has 1 aromatic carbocycles. The number of nitrogens with two attached hydrogens (primary N) is 1. The van der Waals surface area contributed by atoms with Crippen molar-refractivity contribution >= 4 is 25.6 Å². The van der Waals surface area contributed by atoms with Crippen LogP contribution in [0.2, 0.25) is 18.1 Å². The fraction of sp³-hybridized carbons (Fsp3) is 0.632. The van der Waals surface area contributed by atoms with Gasteiger partial charge >= 0.3 is 0 Å². The molecule has 25 heavy (non-hydrogen) atoms. The Morgan fingerprint density at radius 3 is 2.72 bits per heavy atom. The molecule has 5 nitrogen and oxygen atoms in total. The van der Waals surface area contributed by atoms with E-state index in [1.165, 1.54) is 0 Å². The van der Waals surface area contributed by atoms with Crippen LogP contribution >= 0.6 is 0 Å². The minimum absolute atomic E-state index is 0.0481. The molecule has 6 heteroatoms. The lowest BCUT2D eigenvalue weighted by molar-refractivity contribution is -0.124. The number of carbonyl (C=O) groups excluding carboxylic acids is 1. The number of nitrogens with zero attached hydrogens (tertiary/aromatic N) is 1. The molecule has 2 heterocycles. The average Bonchev–Trinajstić information content (AvgIpc) is 2.92. The molecule has 138 valence electrons. The summed E-state index contributed by atoms with van der Waals surface area (Å²) < 4.78 is 6.65. The van der Waals surface area contributed by atoms with Gasteiger partial charge in [0, 0.05) is 17.9 Å². The van der Waals surface area contributed by atoms with Crippen LogP contribution in [0.5, 0.6) is 0 Å². The molecule has 0 aliphatic carbocycles. The number of benzene rings is 1. The van der Waals surface area contributed by atoms with Gasteiger partial charge in [0.05, 0.1) is 12.3 Å². The third-order valence-corrected chi connectivity index (χ3v) is 10.5. The molecule has 2 unspecified atom stereocenters. The second-order valence-electron chi connectivity index (χ2n) is 8.84. The third-order valence-electron chi connectivity index (χ3n) is 5.98. The monoisotopic (exact) mass is 361 g/mol. The topological polar surface area (TPSA) is 67.6 Å². The van der Waals surface area contributed by atoms with Crippen molar-refractivity contribution in [2.75, 3.05) is 17.6 Å². The zero-order valence-corrected chi connectivity index (χ0v) is 17.1. The van der Waals surface area contributed by atoms with E-state index in [0.29, 0.717) is 5.69 Å². The number of rotatable bonds is 3. The van der Waals surface area contributed by atoms with Crippen molar-refractivity contribution in [1.29, 1.82) is 0 Å². The normalized spacial score (nSPS) is 24.9. The van der Waals surface area contributed by atoms with Crippen molar-refractivity contribution in [3.8, 4) is 0 Å². The second-order valence-corrected chi connectivity index (χ2v) is 13.6. The van der Waals surface area contributed by atoms with E-state index in [1.54, 1.807) is 0 Å². The van der Waals surface area contributed by atoms with Crippen LogP contribution in [0.4, 0.5) is 11.4 Å². The lowest BCUT2D eigenvalue weighted by atomic mass is 9.97. The maximum atomic E-state index is 12.7. The number of carbonyl (C=O) groups is 1. The van der Waals surface area contributed by atoms with Crippen LogP contribution in [0.1, 0.15) is 39.2 Å². The lowest BCUT2D eigenvalue weighted by Crippen LogP contribution is -2.54. The van der Waals surface area contributed by atoms with E-state index in [-0.39, 0.29) is 23.2 Å². The number of fused-ring (bicyclic) bond motifs is 1. The maximum absolute atomic E-state index is 12.7. The van der Waals surface area contributed by atoms with Crippen molar-refractivity contribution < 1.29 is 9.22 Å². The molecule has 1 fully saturated rings. The van der Waals surface area contributed by atoms with E-state index in [9.17, 15) is 4.79 Å². The smallest absolute Gasteiger partial charge is 0.242 e. The first-order chi connectivity index (χ1) is 11.6. The summed E-state index contributed by atoms with van der Waals surface area (Å²) in [6.45, 7) is 12.2. The molecule has 2 atom stereocenters. The van der Waals surface area contributed by atoms with Gasteiger partial charge in [0.2, 0.25) is 5.91 Å². The summed E-state index contributed by atoms with van der Waals surface area (Å²) in [5.74, 6) is 0.0591. The molecule has 3 rings (SSSR count). The Bertz CT molecular complexity index is 669. The number of nitrogens with one attached hydrogen (secondary N) is 1. The Morgan fingerprint density at radius 2 is 2.04 bits per heavy atom. The van der Waals surface area contributed by atoms with Crippen LogP contribution in [-0.4, -0.2) is 37.9 Å². The quantitative estimate of drug-likeness (QED) is 0.638. The molecule has 0 saturated carbocycles. The van der Waals surface area contributed by atoms with Gasteiger partial charge in [-0.15, -0.1) is 0 Å². The van der Waals surface area contributed by atoms with Crippen LogP contribution in [0.3, 0.4) is 0 Å². The van der Waals surface area contributed by atoms with Crippen molar-refractivity contribution in [2.24, 2.45) is 0 Å². The van der Waals surface area contributed by atoms with Crippen molar-refractivity contribution in [1.82, 2.24) is 4.90 Å². The average molecular weight is 362 g/mol. The largest absolute Gasteiger partial charge is 0.401 e.